The van der Waals surface area contributed by atoms with Gasteiger partial charge in [0.2, 0.25) is 10.0 Å². The van der Waals surface area contributed by atoms with Crippen LogP contribution in [0.15, 0.2) is 71.6 Å². The van der Waals surface area contributed by atoms with Gasteiger partial charge in [0.15, 0.2) is 5.75 Å². The van der Waals surface area contributed by atoms with Crippen molar-refractivity contribution in [2.75, 3.05) is 18.4 Å². The number of carbonyl (C=O) groups excluding carboxylic acids is 1. The maximum atomic E-state index is 14.1. The van der Waals surface area contributed by atoms with Gasteiger partial charge in [0.1, 0.15) is 17.4 Å². The zero-order valence-electron chi connectivity index (χ0n) is 17.5. The van der Waals surface area contributed by atoms with Gasteiger partial charge in [0.05, 0.1) is 16.1 Å². The fourth-order valence-electron chi connectivity index (χ4n) is 3.03. The Morgan fingerprint density at radius 1 is 0.969 bits per heavy atom. The third-order valence-corrected chi connectivity index (χ3v) is 6.75. The van der Waals surface area contributed by atoms with E-state index in [-0.39, 0.29) is 40.7 Å². The molecule has 168 valence electrons. The zero-order chi connectivity index (χ0) is 23.3. The van der Waals surface area contributed by atoms with Crippen molar-refractivity contribution >= 4 is 21.6 Å². The molecule has 0 aliphatic rings. The van der Waals surface area contributed by atoms with E-state index in [0.717, 1.165) is 6.07 Å². The Morgan fingerprint density at radius 3 is 2.25 bits per heavy atom. The van der Waals surface area contributed by atoms with Gasteiger partial charge in [-0.25, -0.2) is 17.2 Å². The van der Waals surface area contributed by atoms with Crippen LogP contribution in [-0.2, 0) is 10.0 Å². The number of hydrogen-bond acceptors (Lipinski definition) is 4. The molecule has 6 nitrogen and oxygen atoms in total. The third kappa shape index (κ3) is 5.12. The molecule has 9 heteroatoms. The maximum Gasteiger partial charge on any atom is 0.258 e. The summed E-state index contributed by atoms with van der Waals surface area (Å²) in [5.41, 5.74) is -0.187. The molecular formula is C23H22F2N2O4S. The molecule has 0 aliphatic carbocycles. The summed E-state index contributed by atoms with van der Waals surface area (Å²) in [4.78, 5) is 12.6. The number of nitrogens with zero attached hydrogens (tertiary/aromatic N) is 1. The van der Waals surface area contributed by atoms with Crippen LogP contribution < -0.4 is 10.1 Å². The lowest BCUT2D eigenvalue weighted by Crippen LogP contribution is -2.30. The minimum atomic E-state index is -3.82. The molecule has 0 fully saturated rings. The van der Waals surface area contributed by atoms with Gasteiger partial charge in [-0.3, -0.25) is 4.79 Å². The highest BCUT2D eigenvalue weighted by molar-refractivity contribution is 7.89. The van der Waals surface area contributed by atoms with Gasteiger partial charge in [-0.2, -0.15) is 4.31 Å². The van der Waals surface area contributed by atoms with Gasteiger partial charge in [0.25, 0.3) is 5.91 Å². The molecule has 32 heavy (non-hydrogen) atoms. The predicted molar refractivity (Wildman–Crippen MR) is 117 cm³/mol. The van der Waals surface area contributed by atoms with Crippen molar-refractivity contribution in [3.63, 3.8) is 0 Å². The summed E-state index contributed by atoms with van der Waals surface area (Å²) < 4.78 is 60.1. The Labute approximate surface area is 185 Å². The smallest absolute Gasteiger partial charge is 0.258 e. The van der Waals surface area contributed by atoms with E-state index in [1.165, 1.54) is 65.0 Å². The Kier molecular flexibility index (Phi) is 7.22. The number of rotatable bonds is 8. The van der Waals surface area contributed by atoms with Crippen molar-refractivity contribution in [2.45, 2.75) is 18.7 Å². The normalized spacial score (nSPS) is 11.4. The number of nitrogens with one attached hydrogen (secondary N) is 1. The topological polar surface area (TPSA) is 75.7 Å². The first-order chi connectivity index (χ1) is 15.3. The lowest BCUT2D eigenvalue weighted by Gasteiger charge is -2.20. The van der Waals surface area contributed by atoms with E-state index in [0.29, 0.717) is 0 Å². The summed E-state index contributed by atoms with van der Waals surface area (Å²) in [6.07, 6.45) is 0. The molecule has 1 amide bonds. The summed E-state index contributed by atoms with van der Waals surface area (Å²) >= 11 is 0. The van der Waals surface area contributed by atoms with E-state index in [4.69, 9.17) is 4.74 Å². The van der Waals surface area contributed by atoms with Crippen molar-refractivity contribution in [1.29, 1.82) is 0 Å². The summed E-state index contributed by atoms with van der Waals surface area (Å²) in [6, 6.07) is 14.6. The van der Waals surface area contributed by atoms with Crippen molar-refractivity contribution in [2.24, 2.45) is 0 Å². The van der Waals surface area contributed by atoms with Crippen LogP contribution in [0.3, 0.4) is 0 Å². The number of halogens is 2. The molecule has 0 saturated heterocycles. The number of benzene rings is 3. The van der Waals surface area contributed by atoms with E-state index >= 15 is 0 Å². The zero-order valence-corrected chi connectivity index (χ0v) is 18.3. The molecule has 3 aromatic rings. The first-order valence-corrected chi connectivity index (χ1v) is 11.3. The number of hydrogen-bond donors (Lipinski definition) is 1. The van der Waals surface area contributed by atoms with E-state index in [9.17, 15) is 22.0 Å². The Bertz CT molecular complexity index is 1210. The van der Waals surface area contributed by atoms with E-state index in [2.05, 4.69) is 5.32 Å². The van der Waals surface area contributed by atoms with Crippen molar-refractivity contribution < 1.29 is 26.7 Å². The number of ether oxygens (including phenoxy) is 1. The van der Waals surface area contributed by atoms with Crippen LogP contribution in [0.5, 0.6) is 11.5 Å². The van der Waals surface area contributed by atoms with E-state index in [1.807, 2.05) is 0 Å². The summed E-state index contributed by atoms with van der Waals surface area (Å²) in [6.45, 7) is 3.97. The molecule has 0 bridgehead atoms. The quantitative estimate of drug-likeness (QED) is 0.511. The van der Waals surface area contributed by atoms with Gasteiger partial charge in [-0.15, -0.1) is 0 Å². The fraction of sp³-hybridized carbons (Fsp3) is 0.174. The van der Waals surface area contributed by atoms with Crippen molar-refractivity contribution in [3.05, 3.63) is 83.9 Å². The molecule has 0 saturated carbocycles. The highest BCUT2D eigenvalue weighted by Gasteiger charge is 2.24. The second kappa shape index (κ2) is 9.88. The fourth-order valence-corrected chi connectivity index (χ4v) is 4.52. The minimum absolute atomic E-state index is 0.0239. The molecule has 0 atom stereocenters. The van der Waals surface area contributed by atoms with Gasteiger partial charge < -0.3 is 10.1 Å². The standard InChI is InChI=1S/C23H22F2N2O4S/c1-3-27(4-2)32(29,30)18-13-14-22(31-17-11-9-16(24)10-12-17)21(15-18)26-23(28)19-7-5-6-8-20(19)25/h5-15H,3-4H2,1-2H3,(H,26,28). The molecule has 3 aromatic carbocycles. The highest BCUT2D eigenvalue weighted by atomic mass is 32.2. The summed E-state index contributed by atoms with van der Waals surface area (Å²) in [7, 11) is -3.82. The average molecular weight is 461 g/mol. The van der Waals surface area contributed by atoms with Crippen LogP contribution in [0.2, 0.25) is 0 Å². The lowest BCUT2D eigenvalue weighted by molar-refractivity contribution is 0.102. The predicted octanol–water partition coefficient (Wildman–Crippen LogP) is 5.04. The van der Waals surface area contributed by atoms with Gasteiger partial charge in [-0.05, 0) is 54.6 Å². The Hall–Kier alpha value is -3.30. The van der Waals surface area contributed by atoms with Crippen molar-refractivity contribution in [3.8, 4) is 11.5 Å². The first-order valence-electron chi connectivity index (χ1n) is 9.89. The first kappa shape index (κ1) is 23.4. The van der Waals surface area contributed by atoms with Gasteiger partial charge in [-0.1, -0.05) is 26.0 Å². The highest BCUT2D eigenvalue weighted by Crippen LogP contribution is 2.33. The SMILES string of the molecule is CCN(CC)S(=O)(=O)c1ccc(Oc2ccc(F)cc2)c(NC(=O)c2ccccc2F)c1. The molecule has 0 spiro atoms. The van der Waals surface area contributed by atoms with Gasteiger partial charge in [0, 0.05) is 13.1 Å². The lowest BCUT2D eigenvalue weighted by atomic mass is 10.2. The summed E-state index contributed by atoms with van der Waals surface area (Å²) in [5.74, 6) is -1.57. The van der Waals surface area contributed by atoms with Crippen LogP contribution in [0.1, 0.15) is 24.2 Å². The molecule has 0 aliphatic heterocycles. The second-order valence-electron chi connectivity index (χ2n) is 6.74. The van der Waals surface area contributed by atoms with Crippen molar-refractivity contribution in [1.82, 2.24) is 4.31 Å². The van der Waals surface area contributed by atoms with Crippen LogP contribution in [-0.4, -0.2) is 31.7 Å². The average Bonchev–Trinajstić information content (AvgIpc) is 2.77. The van der Waals surface area contributed by atoms with Crippen LogP contribution in [0, 0.1) is 11.6 Å². The van der Waals surface area contributed by atoms with E-state index in [1.54, 1.807) is 13.8 Å². The molecule has 0 heterocycles. The number of sulfonamides is 1. The maximum absolute atomic E-state index is 14.1. The van der Waals surface area contributed by atoms with E-state index < -0.39 is 27.6 Å². The number of carbonyl (C=O) groups is 1. The Balaban J connectivity index is 2.03. The van der Waals surface area contributed by atoms with Gasteiger partial charge >= 0.3 is 0 Å². The minimum Gasteiger partial charge on any atom is -0.455 e. The monoisotopic (exact) mass is 460 g/mol. The largest absolute Gasteiger partial charge is 0.455 e. The molecule has 1 N–H and O–H groups in total. The Morgan fingerprint density at radius 2 is 1.62 bits per heavy atom. The molecule has 0 radical (unpaired) electrons. The number of amides is 1. The molecule has 0 aromatic heterocycles. The number of anilines is 1. The van der Waals surface area contributed by atoms with Crippen LogP contribution >= 0.6 is 0 Å². The van der Waals surface area contributed by atoms with Crippen LogP contribution in [0.25, 0.3) is 0 Å². The molecular weight excluding hydrogens is 438 g/mol. The molecule has 0 unspecified atom stereocenters. The second-order valence-corrected chi connectivity index (χ2v) is 8.68. The third-order valence-electron chi connectivity index (χ3n) is 4.70. The summed E-state index contributed by atoms with van der Waals surface area (Å²) in [5, 5.41) is 2.53. The van der Waals surface area contributed by atoms with Crippen LogP contribution in [0.4, 0.5) is 14.5 Å². The molecule has 3 rings (SSSR count).